The Kier molecular flexibility index (Phi) is 4.43. The average Bonchev–Trinajstić information content (AvgIpc) is 3.25. The van der Waals surface area contributed by atoms with Gasteiger partial charge in [-0.15, -0.1) is 0 Å². The number of carbonyl (C=O) groups excluding carboxylic acids is 1. The molecule has 2 saturated carbocycles. The molecule has 0 unspecified atom stereocenters. The lowest BCUT2D eigenvalue weighted by Gasteiger charge is -2.32. The predicted octanol–water partition coefficient (Wildman–Crippen LogP) is 4.49. The van der Waals surface area contributed by atoms with Crippen molar-refractivity contribution < 1.29 is 9.53 Å². The molecule has 2 aliphatic heterocycles. The van der Waals surface area contributed by atoms with Gasteiger partial charge in [-0.2, -0.15) is 0 Å². The third-order valence-electron chi connectivity index (χ3n) is 6.44. The van der Waals surface area contributed by atoms with Gasteiger partial charge in [0.2, 0.25) is 11.1 Å². The summed E-state index contributed by atoms with van der Waals surface area (Å²) in [7, 11) is 0. The van der Waals surface area contributed by atoms with E-state index in [1.165, 1.54) is 49.4 Å². The number of hydrogen-bond acceptors (Lipinski definition) is 4. The van der Waals surface area contributed by atoms with Crippen molar-refractivity contribution in [3.05, 3.63) is 29.8 Å². The number of fused-ring (bicyclic) bond motifs is 4. The topological polar surface area (TPSA) is 41.9 Å². The normalized spacial score (nSPS) is 32.3. The Morgan fingerprint density at radius 1 is 1.12 bits per heavy atom. The van der Waals surface area contributed by atoms with Crippen LogP contribution in [0.2, 0.25) is 0 Å². The lowest BCUT2D eigenvalue weighted by atomic mass is 9.82. The molecule has 0 spiro atoms. The number of benzene rings is 1. The Bertz CT molecular complexity index is 734. The second-order valence-corrected chi connectivity index (χ2v) is 8.90. The highest BCUT2D eigenvalue weighted by Crippen LogP contribution is 2.47. The first-order valence-electron chi connectivity index (χ1n) is 10.1. The van der Waals surface area contributed by atoms with Crippen LogP contribution >= 0.6 is 11.8 Å². The number of thioether (sulfide) groups is 1. The fraction of sp³-hybridized carbons (Fsp3) is 0.619. The van der Waals surface area contributed by atoms with Crippen LogP contribution in [0.4, 0.5) is 5.69 Å². The zero-order chi connectivity index (χ0) is 17.5. The molecule has 1 aromatic carbocycles. The Balaban J connectivity index is 1.29. The first kappa shape index (κ1) is 16.7. The molecule has 0 aromatic heterocycles. The molecule has 0 radical (unpaired) electrons. The number of anilines is 1. The van der Waals surface area contributed by atoms with E-state index in [0.717, 1.165) is 30.2 Å². The maximum absolute atomic E-state index is 13.1. The molecule has 2 heterocycles. The zero-order valence-corrected chi connectivity index (χ0v) is 15.9. The van der Waals surface area contributed by atoms with Gasteiger partial charge in [0.15, 0.2) is 0 Å². The molecule has 2 fully saturated rings. The maximum Gasteiger partial charge on any atom is 0.247 e. The summed E-state index contributed by atoms with van der Waals surface area (Å²) in [6.07, 6.45) is 9.82. The van der Waals surface area contributed by atoms with E-state index in [1.54, 1.807) is 0 Å². The Hall–Kier alpha value is -1.49. The quantitative estimate of drug-likeness (QED) is 0.770. The van der Waals surface area contributed by atoms with Crippen LogP contribution in [0.15, 0.2) is 29.3 Å². The minimum atomic E-state index is 0.207. The first-order chi connectivity index (χ1) is 12.8. The van der Waals surface area contributed by atoms with Gasteiger partial charge in [0, 0.05) is 17.6 Å². The van der Waals surface area contributed by atoms with Gasteiger partial charge in [-0.1, -0.05) is 49.2 Å². The standard InChI is InChI=1S/C21H26N2O2S/c24-20(13-26-21-22-16-9-3-6-12-19(16)25-21)23-17-10-4-1-7-14(17)15-8-2-5-11-18(15)23/h1,4,7,10,15-16,18-19H,2-3,5-6,8-9,11-13H2/t15-,16-,18+,19+/m1/s1. The number of nitrogens with zero attached hydrogens (tertiary/aromatic N) is 2. The van der Waals surface area contributed by atoms with Crippen LogP contribution in [0, 0.1) is 0 Å². The number of rotatable bonds is 2. The molecule has 0 bridgehead atoms. The van der Waals surface area contributed by atoms with E-state index in [0.29, 0.717) is 23.8 Å². The molecule has 1 aromatic rings. The van der Waals surface area contributed by atoms with E-state index in [-0.39, 0.29) is 12.0 Å². The summed E-state index contributed by atoms with van der Waals surface area (Å²) in [6, 6.07) is 9.18. The van der Waals surface area contributed by atoms with Crippen LogP contribution in [0.3, 0.4) is 0 Å². The lowest BCUT2D eigenvalue weighted by Crippen LogP contribution is -2.41. The van der Waals surface area contributed by atoms with Gasteiger partial charge in [0.05, 0.1) is 11.8 Å². The van der Waals surface area contributed by atoms with Gasteiger partial charge < -0.3 is 9.64 Å². The van der Waals surface area contributed by atoms with E-state index in [9.17, 15) is 4.79 Å². The van der Waals surface area contributed by atoms with E-state index >= 15 is 0 Å². The Labute approximate surface area is 159 Å². The summed E-state index contributed by atoms with van der Waals surface area (Å²) in [5.74, 6) is 1.16. The molecule has 5 rings (SSSR count). The number of hydrogen-bond donors (Lipinski definition) is 0. The van der Waals surface area contributed by atoms with Crippen LogP contribution in [0.25, 0.3) is 0 Å². The molecule has 0 N–H and O–H groups in total. The summed E-state index contributed by atoms with van der Waals surface area (Å²) in [5, 5.41) is 0.739. The summed E-state index contributed by atoms with van der Waals surface area (Å²) < 4.78 is 6.00. The third kappa shape index (κ3) is 2.84. The lowest BCUT2D eigenvalue weighted by molar-refractivity contribution is -0.116. The maximum atomic E-state index is 13.1. The number of ether oxygens (including phenoxy) is 1. The third-order valence-corrected chi connectivity index (χ3v) is 7.28. The molecule has 4 atom stereocenters. The minimum absolute atomic E-state index is 0.207. The number of aliphatic imine (C=N–C) groups is 1. The highest BCUT2D eigenvalue weighted by atomic mass is 32.2. The molecule has 4 aliphatic rings. The van der Waals surface area contributed by atoms with E-state index < -0.39 is 0 Å². The van der Waals surface area contributed by atoms with Crippen LogP contribution in [0.5, 0.6) is 0 Å². The Morgan fingerprint density at radius 2 is 1.92 bits per heavy atom. The van der Waals surface area contributed by atoms with Crippen molar-refractivity contribution in [3.8, 4) is 0 Å². The monoisotopic (exact) mass is 370 g/mol. The van der Waals surface area contributed by atoms with Crippen molar-refractivity contribution in [1.82, 2.24) is 0 Å². The minimum Gasteiger partial charge on any atom is -0.467 e. The van der Waals surface area contributed by atoms with E-state index in [1.807, 2.05) is 0 Å². The summed E-state index contributed by atoms with van der Waals surface area (Å²) in [5.41, 5.74) is 2.51. The van der Waals surface area contributed by atoms with Crippen LogP contribution < -0.4 is 4.90 Å². The van der Waals surface area contributed by atoms with Crippen molar-refractivity contribution in [2.24, 2.45) is 4.99 Å². The van der Waals surface area contributed by atoms with Crippen LogP contribution in [-0.2, 0) is 9.53 Å². The molecule has 0 saturated heterocycles. The summed E-state index contributed by atoms with van der Waals surface area (Å²) in [4.78, 5) is 19.9. The number of carbonyl (C=O) groups is 1. The second kappa shape index (κ2) is 6.91. The average molecular weight is 371 g/mol. The molecule has 138 valence electrons. The van der Waals surface area contributed by atoms with Crippen molar-refractivity contribution in [2.45, 2.75) is 75.5 Å². The van der Waals surface area contributed by atoms with Crippen LogP contribution in [0.1, 0.15) is 62.8 Å². The largest absolute Gasteiger partial charge is 0.467 e. The van der Waals surface area contributed by atoms with Gasteiger partial charge in [0.1, 0.15) is 6.10 Å². The van der Waals surface area contributed by atoms with Crippen molar-refractivity contribution in [2.75, 3.05) is 10.7 Å². The highest BCUT2D eigenvalue weighted by molar-refractivity contribution is 8.14. The van der Waals surface area contributed by atoms with Crippen molar-refractivity contribution in [1.29, 1.82) is 0 Å². The fourth-order valence-corrected chi connectivity index (χ4v) is 6.01. The molecule has 2 aliphatic carbocycles. The predicted molar refractivity (Wildman–Crippen MR) is 106 cm³/mol. The van der Waals surface area contributed by atoms with Gasteiger partial charge in [-0.25, -0.2) is 4.99 Å². The molecule has 5 heteroatoms. The highest BCUT2D eigenvalue weighted by Gasteiger charge is 2.42. The second-order valence-electron chi connectivity index (χ2n) is 7.97. The number of para-hydroxylation sites is 1. The fourth-order valence-electron chi connectivity index (χ4n) is 5.22. The van der Waals surface area contributed by atoms with Crippen molar-refractivity contribution in [3.63, 3.8) is 0 Å². The number of amides is 1. The Morgan fingerprint density at radius 3 is 2.85 bits per heavy atom. The van der Waals surface area contributed by atoms with E-state index in [2.05, 4.69) is 29.2 Å². The first-order valence-corrected chi connectivity index (χ1v) is 11.1. The van der Waals surface area contributed by atoms with Gasteiger partial charge in [0.25, 0.3) is 0 Å². The zero-order valence-electron chi connectivity index (χ0n) is 15.1. The van der Waals surface area contributed by atoms with Gasteiger partial charge in [-0.3, -0.25) is 4.79 Å². The molecule has 1 amide bonds. The van der Waals surface area contributed by atoms with Gasteiger partial charge in [-0.05, 0) is 43.7 Å². The van der Waals surface area contributed by atoms with E-state index in [4.69, 9.17) is 9.73 Å². The van der Waals surface area contributed by atoms with Crippen molar-refractivity contribution >= 4 is 28.6 Å². The summed E-state index contributed by atoms with van der Waals surface area (Å²) >= 11 is 1.50. The van der Waals surface area contributed by atoms with Gasteiger partial charge >= 0.3 is 0 Å². The molecule has 4 nitrogen and oxygen atoms in total. The molecular weight excluding hydrogens is 344 g/mol. The molecular formula is C21H26N2O2S. The smallest absolute Gasteiger partial charge is 0.247 e. The summed E-state index contributed by atoms with van der Waals surface area (Å²) in [6.45, 7) is 0. The molecule has 26 heavy (non-hydrogen) atoms. The van der Waals surface area contributed by atoms with Crippen LogP contribution in [-0.4, -0.2) is 35.1 Å². The SMILES string of the molecule is O=C(CSC1=N[C@@H]2CCCC[C@@H]2O1)N1c2ccccc2[C@H]2CCCC[C@@H]21.